The molecule has 0 aromatic heterocycles. The van der Waals surface area contributed by atoms with Gasteiger partial charge < -0.3 is 4.43 Å². The topological polar surface area (TPSA) is 9.23 Å². The van der Waals surface area contributed by atoms with E-state index in [0.29, 0.717) is 0 Å². The summed E-state index contributed by atoms with van der Waals surface area (Å²) >= 11 is 0. The number of hydrogen-bond acceptors (Lipinski definition) is 1. The lowest BCUT2D eigenvalue weighted by atomic mass is 10.5. The van der Waals surface area contributed by atoms with Crippen molar-refractivity contribution in [1.82, 2.24) is 0 Å². The predicted octanol–water partition coefficient (Wildman–Crippen LogP) is 1.73. The van der Waals surface area contributed by atoms with Crippen molar-refractivity contribution in [3.05, 3.63) is 24.8 Å². The largest absolute Gasteiger partial charge is 0.417 e. The smallest absolute Gasteiger partial charge is 0.171 e. The van der Waals surface area contributed by atoms with E-state index in [1.165, 1.54) is 0 Å². The molecule has 0 aromatic carbocycles. The van der Waals surface area contributed by atoms with Gasteiger partial charge in [0, 0.05) is 0 Å². The van der Waals surface area contributed by atoms with E-state index in [1.54, 1.807) is 6.08 Å². The van der Waals surface area contributed by atoms with Gasteiger partial charge in [-0.15, -0.1) is 0 Å². The van der Waals surface area contributed by atoms with Gasteiger partial charge in [-0.1, -0.05) is 24.8 Å². The summed E-state index contributed by atoms with van der Waals surface area (Å²) in [7, 11) is -0.799. The van der Waals surface area contributed by atoms with Crippen molar-refractivity contribution in [3.63, 3.8) is 0 Å². The highest BCUT2D eigenvalue weighted by Gasteiger charge is 1.89. The zero-order chi connectivity index (χ0) is 7.11. The van der Waals surface area contributed by atoms with Crippen molar-refractivity contribution in [2.75, 3.05) is 6.61 Å². The summed E-state index contributed by atoms with van der Waals surface area (Å²) in [5, 5.41) is 0. The quantitative estimate of drug-likeness (QED) is 0.429. The van der Waals surface area contributed by atoms with Crippen LogP contribution in [0.2, 0.25) is 13.1 Å². The van der Waals surface area contributed by atoms with Crippen LogP contribution in [0.25, 0.3) is 0 Å². The molecule has 0 aliphatic heterocycles. The third-order valence-corrected chi connectivity index (χ3v) is 1.66. The summed E-state index contributed by atoms with van der Waals surface area (Å²) in [5.41, 5.74) is 0. The summed E-state index contributed by atoms with van der Waals surface area (Å²) in [4.78, 5) is 0. The molecule has 52 valence electrons. The molecule has 2 heteroatoms. The zero-order valence-corrected chi connectivity index (χ0v) is 7.29. The van der Waals surface area contributed by atoms with Gasteiger partial charge in [-0.3, -0.25) is 0 Å². The van der Waals surface area contributed by atoms with E-state index in [-0.39, 0.29) is 0 Å². The van der Waals surface area contributed by atoms with Gasteiger partial charge in [0.05, 0.1) is 6.61 Å². The highest BCUT2D eigenvalue weighted by atomic mass is 28.3. The first-order chi connectivity index (χ1) is 4.27. The minimum Gasteiger partial charge on any atom is -0.417 e. The second kappa shape index (κ2) is 5.79. The molecule has 0 atom stereocenters. The monoisotopic (exact) mass is 142 g/mol. The van der Waals surface area contributed by atoms with E-state index in [2.05, 4.69) is 19.7 Å². The summed E-state index contributed by atoms with van der Waals surface area (Å²) < 4.78 is 5.35. The fourth-order valence-corrected chi connectivity index (χ4v) is 0.896. The van der Waals surface area contributed by atoms with Crippen LogP contribution in [0.3, 0.4) is 0 Å². The van der Waals surface area contributed by atoms with Crippen LogP contribution in [0.15, 0.2) is 24.8 Å². The highest BCUT2D eigenvalue weighted by Crippen LogP contribution is 1.83. The minimum atomic E-state index is -0.799. The maximum atomic E-state index is 5.35. The van der Waals surface area contributed by atoms with Gasteiger partial charge in [0.2, 0.25) is 0 Å². The molecule has 1 nitrogen and oxygen atoms in total. The molecule has 0 saturated heterocycles. The molecule has 0 aliphatic rings. The van der Waals surface area contributed by atoms with Crippen LogP contribution in [0.5, 0.6) is 0 Å². The van der Waals surface area contributed by atoms with E-state index in [9.17, 15) is 0 Å². The number of hydrogen-bond donors (Lipinski definition) is 0. The first kappa shape index (κ1) is 8.66. The van der Waals surface area contributed by atoms with Crippen LogP contribution in [-0.4, -0.2) is 15.6 Å². The molecular formula is C7H14OSi. The molecule has 0 bridgehead atoms. The lowest BCUT2D eigenvalue weighted by Crippen LogP contribution is -2.06. The molecule has 0 radical (unpaired) electrons. The van der Waals surface area contributed by atoms with E-state index in [1.807, 2.05) is 12.2 Å². The second-order valence-corrected chi connectivity index (χ2v) is 4.48. The van der Waals surface area contributed by atoms with Crippen molar-refractivity contribution in [2.45, 2.75) is 13.1 Å². The maximum absolute atomic E-state index is 5.35. The van der Waals surface area contributed by atoms with E-state index < -0.39 is 9.04 Å². The van der Waals surface area contributed by atoms with Gasteiger partial charge in [-0.25, -0.2) is 0 Å². The Morgan fingerprint density at radius 2 is 2.22 bits per heavy atom. The van der Waals surface area contributed by atoms with Crippen molar-refractivity contribution in [2.24, 2.45) is 0 Å². The van der Waals surface area contributed by atoms with Crippen molar-refractivity contribution < 1.29 is 4.43 Å². The fourth-order valence-electron chi connectivity index (χ4n) is 0.400. The maximum Gasteiger partial charge on any atom is 0.171 e. The molecule has 9 heavy (non-hydrogen) atoms. The fraction of sp³-hybridized carbons (Fsp3) is 0.429. The normalized spacial score (nSPS) is 11.0. The predicted molar refractivity (Wildman–Crippen MR) is 44.2 cm³/mol. The Balaban J connectivity index is 3.08. The average molecular weight is 142 g/mol. The average Bonchev–Trinajstić information content (AvgIpc) is 1.80. The van der Waals surface area contributed by atoms with Crippen molar-refractivity contribution in [3.8, 4) is 0 Å². The van der Waals surface area contributed by atoms with Crippen LogP contribution < -0.4 is 0 Å². The molecule has 0 unspecified atom stereocenters. The van der Waals surface area contributed by atoms with E-state index in [4.69, 9.17) is 4.43 Å². The Hall–Kier alpha value is -0.343. The molecule has 0 spiro atoms. The molecule has 0 N–H and O–H groups in total. The Kier molecular flexibility index (Phi) is 5.57. The third kappa shape index (κ3) is 7.66. The van der Waals surface area contributed by atoms with Gasteiger partial charge in [-0.05, 0) is 13.1 Å². The Bertz CT molecular complexity index is 97.1. The van der Waals surface area contributed by atoms with Gasteiger partial charge >= 0.3 is 0 Å². The first-order valence-corrected chi connectivity index (χ1v) is 5.94. The molecule has 0 aliphatic carbocycles. The Labute approximate surface area is 58.8 Å². The van der Waals surface area contributed by atoms with Gasteiger partial charge in [0.15, 0.2) is 9.04 Å². The summed E-state index contributed by atoms with van der Waals surface area (Å²) in [6, 6.07) is 0. The third-order valence-electron chi connectivity index (χ3n) is 0.798. The van der Waals surface area contributed by atoms with Crippen LogP contribution >= 0.6 is 0 Å². The van der Waals surface area contributed by atoms with Gasteiger partial charge in [0.1, 0.15) is 0 Å². The van der Waals surface area contributed by atoms with Crippen molar-refractivity contribution >= 4 is 9.04 Å². The lowest BCUT2D eigenvalue weighted by Gasteiger charge is -2.00. The standard InChI is InChI=1S/C7H14OSi/c1-4-5-6-7-8-9(2)3/h4-6,9H,1,7H2,2-3H3/b6-5+. The Morgan fingerprint density at radius 1 is 1.56 bits per heavy atom. The molecule has 0 saturated carbocycles. The summed E-state index contributed by atoms with van der Waals surface area (Å²) in [6.45, 7) is 8.60. The van der Waals surface area contributed by atoms with E-state index in [0.717, 1.165) is 6.61 Å². The molecule has 0 aromatic rings. The molecular weight excluding hydrogens is 128 g/mol. The lowest BCUT2D eigenvalue weighted by molar-refractivity contribution is 0.374. The summed E-state index contributed by atoms with van der Waals surface area (Å²) in [6.07, 6.45) is 5.63. The highest BCUT2D eigenvalue weighted by molar-refractivity contribution is 6.48. The molecule has 0 fully saturated rings. The van der Waals surface area contributed by atoms with Crippen LogP contribution in [0.1, 0.15) is 0 Å². The van der Waals surface area contributed by atoms with Gasteiger partial charge in [-0.2, -0.15) is 0 Å². The van der Waals surface area contributed by atoms with Crippen molar-refractivity contribution in [1.29, 1.82) is 0 Å². The molecule has 0 rings (SSSR count). The first-order valence-electron chi connectivity index (χ1n) is 3.16. The molecule has 0 heterocycles. The second-order valence-electron chi connectivity index (χ2n) is 2.05. The molecule has 0 amide bonds. The minimum absolute atomic E-state index is 0.746. The van der Waals surface area contributed by atoms with Crippen LogP contribution in [0.4, 0.5) is 0 Å². The zero-order valence-electron chi connectivity index (χ0n) is 6.13. The summed E-state index contributed by atoms with van der Waals surface area (Å²) in [5.74, 6) is 0. The SMILES string of the molecule is C=C/C=C/CO[SiH](C)C. The Morgan fingerprint density at radius 3 is 2.67 bits per heavy atom. The van der Waals surface area contributed by atoms with Gasteiger partial charge in [0.25, 0.3) is 0 Å². The number of rotatable bonds is 4. The number of allylic oxidation sites excluding steroid dienone is 2. The van der Waals surface area contributed by atoms with Crippen LogP contribution in [-0.2, 0) is 4.43 Å². The van der Waals surface area contributed by atoms with E-state index >= 15 is 0 Å². The van der Waals surface area contributed by atoms with Crippen LogP contribution in [0, 0.1) is 0 Å².